The molecule has 0 heterocycles. The molecule has 0 amide bonds. The Labute approximate surface area is 84.4 Å². The number of nitrogens with zero attached hydrogens (tertiary/aromatic N) is 1. The molecule has 1 rings (SSSR count). The lowest BCUT2D eigenvalue weighted by atomic mass is 9.68. The molecular formula is C10H20F2N2. The predicted molar refractivity (Wildman–Crippen MR) is 53.4 cm³/mol. The molecule has 0 aromatic rings. The molecule has 0 spiro atoms. The third-order valence-electron chi connectivity index (χ3n) is 2.98. The fourth-order valence-corrected chi connectivity index (χ4v) is 2.09. The van der Waals surface area contributed by atoms with Gasteiger partial charge in [-0.2, -0.15) is 0 Å². The van der Waals surface area contributed by atoms with Crippen LogP contribution in [0.2, 0.25) is 0 Å². The van der Waals surface area contributed by atoms with Gasteiger partial charge in [-0.25, -0.2) is 8.78 Å². The van der Waals surface area contributed by atoms with Gasteiger partial charge in [-0.3, -0.25) is 4.90 Å². The third-order valence-corrected chi connectivity index (χ3v) is 2.98. The molecule has 0 unspecified atom stereocenters. The molecular weight excluding hydrogens is 186 g/mol. The number of alkyl halides is 2. The highest BCUT2D eigenvalue weighted by molar-refractivity contribution is 4.93. The fraction of sp³-hybridized carbons (Fsp3) is 1.00. The molecule has 1 aliphatic carbocycles. The summed E-state index contributed by atoms with van der Waals surface area (Å²) in [7, 11) is 1.75. The predicted octanol–water partition coefficient (Wildman–Crippen LogP) is 1.70. The summed E-state index contributed by atoms with van der Waals surface area (Å²) in [5.74, 6) is -2.74. The SMILES string of the molecule is CN(CC(F)(F)CN)C1CC(C)(C)C1. The van der Waals surface area contributed by atoms with Gasteiger partial charge in [-0.05, 0) is 25.3 Å². The molecule has 0 aromatic heterocycles. The van der Waals surface area contributed by atoms with Crippen LogP contribution in [0, 0.1) is 5.41 Å². The molecule has 0 atom stereocenters. The van der Waals surface area contributed by atoms with Crippen molar-refractivity contribution in [3.63, 3.8) is 0 Å². The Balaban J connectivity index is 2.34. The maximum Gasteiger partial charge on any atom is 0.272 e. The molecule has 14 heavy (non-hydrogen) atoms. The first-order valence-corrected chi connectivity index (χ1v) is 5.04. The summed E-state index contributed by atoms with van der Waals surface area (Å²) in [5, 5.41) is 0. The Hall–Kier alpha value is -0.220. The van der Waals surface area contributed by atoms with Gasteiger partial charge < -0.3 is 5.73 Å². The van der Waals surface area contributed by atoms with Crippen LogP contribution < -0.4 is 5.73 Å². The van der Waals surface area contributed by atoms with Gasteiger partial charge in [-0.15, -0.1) is 0 Å². The van der Waals surface area contributed by atoms with Crippen LogP contribution in [0.25, 0.3) is 0 Å². The van der Waals surface area contributed by atoms with Crippen molar-refractivity contribution in [3.8, 4) is 0 Å². The van der Waals surface area contributed by atoms with Gasteiger partial charge in [0.05, 0.1) is 13.1 Å². The third kappa shape index (κ3) is 2.89. The van der Waals surface area contributed by atoms with E-state index in [1.807, 2.05) is 0 Å². The first-order valence-electron chi connectivity index (χ1n) is 5.04. The lowest BCUT2D eigenvalue weighted by Crippen LogP contribution is -2.51. The van der Waals surface area contributed by atoms with E-state index in [0.717, 1.165) is 12.8 Å². The van der Waals surface area contributed by atoms with Crippen molar-refractivity contribution in [2.24, 2.45) is 11.1 Å². The molecule has 2 nitrogen and oxygen atoms in total. The van der Waals surface area contributed by atoms with E-state index < -0.39 is 12.5 Å². The molecule has 84 valence electrons. The topological polar surface area (TPSA) is 29.3 Å². The second-order valence-electron chi connectivity index (χ2n) is 5.20. The van der Waals surface area contributed by atoms with Crippen LogP contribution in [-0.4, -0.2) is 37.0 Å². The molecule has 0 aliphatic heterocycles. The smallest absolute Gasteiger partial charge is 0.272 e. The van der Waals surface area contributed by atoms with E-state index in [2.05, 4.69) is 13.8 Å². The molecule has 0 bridgehead atoms. The van der Waals surface area contributed by atoms with Crippen molar-refractivity contribution in [3.05, 3.63) is 0 Å². The molecule has 0 saturated heterocycles. The van der Waals surface area contributed by atoms with Crippen molar-refractivity contribution >= 4 is 0 Å². The summed E-state index contributed by atoms with van der Waals surface area (Å²) in [4.78, 5) is 1.73. The van der Waals surface area contributed by atoms with Crippen LogP contribution in [0.5, 0.6) is 0 Å². The number of nitrogens with two attached hydrogens (primary N) is 1. The normalized spacial score (nSPS) is 22.5. The Morgan fingerprint density at radius 2 is 1.93 bits per heavy atom. The number of halogens is 2. The number of hydrogen-bond donors (Lipinski definition) is 1. The minimum Gasteiger partial charge on any atom is -0.325 e. The lowest BCUT2D eigenvalue weighted by molar-refractivity contribution is -0.0539. The molecule has 4 heteroatoms. The Kier molecular flexibility index (Phi) is 3.17. The largest absolute Gasteiger partial charge is 0.325 e. The van der Waals surface area contributed by atoms with E-state index in [1.54, 1.807) is 11.9 Å². The minimum atomic E-state index is -2.74. The van der Waals surface area contributed by atoms with Crippen LogP contribution in [0.4, 0.5) is 8.78 Å². The second kappa shape index (κ2) is 3.74. The van der Waals surface area contributed by atoms with Crippen molar-refractivity contribution in [2.45, 2.75) is 38.7 Å². The molecule has 0 aromatic carbocycles. The maximum atomic E-state index is 12.9. The fourth-order valence-electron chi connectivity index (χ4n) is 2.09. The van der Waals surface area contributed by atoms with Crippen molar-refractivity contribution < 1.29 is 8.78 Å². The van der Waals surface area contributed by atoms with Crippen LogP contribution in [0.3, 0.4) is 0 Å². The average molecular weight is 206 g/mol. The molecule has 1 saturated carbocycles. The zero-order valence-electron chi connectivity index (χ0n) is 9.19. The van der Waals surface area contributed by atoms with Gasteiger partial charge >= 0.3 is 0 Å². The van der Waals surface area contributed by atoms with Gasteiger partial charge in [-0.1, -0.05) is 13.8 Å². The summed E-state index contributed by atoms with van der Waals surface area (Å²) in [6, 6.07) is 0.308. The maximum absolute atomic E-state index is 12.9. The highest BCUT2D eigenvalue weighted by Gasteiger charge is 2.40. The lowest BCUT2D eigenvalue weighted by Gasteiger charge is -2.47. The monoisotopic (exact) mass is 206 g/mol. The zero-order chi connectivity index (χ0) is 11.0. The molecule has 1 fully saturated rings. The van der Waals surface area contributed by atoms with Crippen molar-refractivity contribution in [1.82, 2.24) is 4.90 Å². The van der Waals surface area contributed by atoms with Crippen molar-refractivity contribution in [2.75, 3.05) is 20.1 Å². The van der Waals surface area contributed by atoms with Crippen LogP contribution in [-0.2, 0) is 0 Å². The standard InChI is InChI=1S/C10H20F2N2/c1-9(2)4-8(5-9)14(3)7-10(11,12)6-13/h8H,4-7,13H2,1-3H3. The quantitative estimate of drug-likeness (QED) is 0.758. The Bertz CT molecular complexity index is 196. The van der Waals surface area contributed by atoms with Gasteiger partial charge in [0.1, 0.15) is 0 Å². The van der Waals surface area contributed by atoms with E-state index in [9.17, 15) is 8.78 Å². The molecule has 1 aliphatic rings. The number of hydrogen-bond acceptors (Lipinski definition) is 2. The second-order valence-corrected chi connectivity index (χ2v) is 5.20. The summed E-state index contributed by atoms with van der Waals surface area (Å²) < 4.78 is 25.9. The molecule has 0 radical (unpaired) electrons. The van der Waals surface area contributed by atoms with Gasteiger partial charge in [0.15, 0.2) is 0 Å². The number of rotatable bonds is 4. The van der Waals surface area contributed by atoms with Crippen LogP contribution in [0.15, 0.2) is 0 Å². The van der Waals surface area contributed by atoms with Crippen molar-refractivity contribution in [1.29, 1.82) is 0 Å². The van der Waals surface area contributed by atoms with Gasteiger partial charge in [0.2, 0.25) is 0 Å². The van der Waals surface area contributed by atoms with Gasteiger partial charge in [0, 0.05) is 6.04 Å². The highest BCUT2D eigenvalue weighted by atomic mass is 19.3. The summed E-state index contributed by atoms with van der Waals surface area (Å²) in [6.45, 7) is 3.55. The Morgan fingerprint density at radius 1 is 1.43 bits per heavy atom. The van der Waals surface area contributed by atoms with E-state index in [1.165, 1.54) is 0 Å². The zero-order valence-corrected chi connectivity index (χ0v) is 9.19. The van der Waals surface area contributed by atoms with E-state index in [-0.39, 0.29) is 6.54 Å². The average Bonchev–Trinajstić information content (AvgIpc) is 1.99. The first-order chi connectivity index (χ1) is 6.26. The van der Waals surface area contributed by atoms with Gasteiger partial charge in [0.25, 0.3) is 5.92 Å². The van der Waals surface area contributed by atoms with Crippen LogP contribution >= 0.6 is 0 Å². The van der Waals surface area contributed by atoms with E-state index in [0.29, 0.717) is 11.5 Å². The summed E-state index contributed by atoms with van der Waals surface area (Å²) in [5.41, 5.74) is 5.32. The van der Waals surface area contributed by atoms with Crippen LogP contribution in [0.1, 0.15) is 26.7 Å². The first kappa shape index (κ1) is 11.9. The summed E-state index contributed by atoms with van der Waals surface area (Å²) >= 11 is 0. The van der Waals surface area contributed by atoms with E-state index >= 15 is 0 Å². The van der Waals surface area contributed by atoms with E-state index in [4.69, 9.17) is 5.73 Å². The molecule has 2 N–H and O–H groups in total. The highest BCUT2D eigenvalue weighted by Crippen LogP contribution is 2.42. The Morgan fingerprint density at radius 3 is 2.29 bits per heavy atom. The summed E-state index contributed by atoms with van der Waals surface area (Å²) in [6.07, 6.45) is 2.01. The minimum absolute atomic E-state index is 0.218.